The molecular formula is C7H13N3O4. The summed E-state index contributed by atoms with van der Waals surface area (Å²) in [5.41, 5.74) is -1.22. The summed E-state index contributed by atoms with van der Waals surface area (Å²) in [5, 5.41) is 46.0. The fourth-order valence-electron chi connectivity index (χ4n) is 1.07. The van der Waals surface area contributed by atoms with Crippen molar-refractivity contribution in [3.8, 4) is 0 Å². The van der Waals surface area contributed by atoms with Gasteiger partial charge in [0.1, 0.15) is 11.8 Å². The number of nitrogens with zero attached hydrogens (tertiary/aromatic N) is 2. The molecule has 0 fully saturated rings. The molecule has 1 aromatic heterocycles. The molecule has 1 atom stereocenters. The summed E-state index contributed by atoms with van der Waals surface area (Å²) < 4.78 is 0. The number of hydrogen-bond acceptors (Lipinski definition) is 6. The minimum Gasteiger partial charge on any atom is -0.395 e. The SMILES string of the molecule is OCC(CO)(CO)C(O)c1c[nH]nn1. The molecule has 1 unspecified atom stereocenters. The minimum atomic E-state index is -1.39. The summed E-state index contributed by atoms with van der Waals surface area (Å²) in [5.74, 6) is 0. The number of aromatic nitrogens is 3. The van der Waals surface area contributed by atoms with Gasteiger partial charge in [-0.25, -0.2) is 0 Å². The molecule has 5 N–H and O–H groups in total. The first kappa shape index (κ1) is 11.1. The van der Waals surface area contributed by atoms with Crippen LogP contribution in [-0.4, -0.2) is 55.7 Å². The zero-order chi connectivity index (χ0) is 10.6. The standard InChI is InChI=1S/C7H13N3O4/c11-2-7(3-12,4-13)6(14)5-1-8-10-9-5/h1,6,11-14H,2-4H2,(H,8,9,10). The maximum Gasteiger partial charge on any atom is 0.112 e. The Hall–Kier alpha value is -1.02. The molecule has 0 saturated heterocycles. The van der Waals surface area contributed by atoms with E-state index in [1.807, 2.05) is 0 Å². The monoisotopic (exact) mass is 203 g/mol. The van der Waals surface area contributed by atoms with Crippen LogP contribution in [0.3, 0.4) is 0 Å². The summed E-state index contributed by atoms with van der Waals surface area (Å²) in [6.45, 7) is -1.64. The molecule has 0 saturated carbocycles. The molecule has 0 bridgehead atoms. The predicted molar refractivity (Wildman–Crippen MR) is 45.0 cm³/mol. The molecule has 0 aliphatic heterocycles. The average molecular weight is 203 g/mol. The number of aromatic amines is 1. The molecule has 0 spiro atoms. The highest BCUT2D eigenvalue weighted by Gasteiger charge is 2.38. The van der Waals surface area contributed by atoms with E-state index in [9.17, 15) is 5.11 Å². The lowest BCUT2D eigenvalue weighted by atomic mass is 9.83. The van der Waals surface area contributed by atoms with Gasteiger partial charge in [-0.05, 0) is 0 Å². The lowest BCUT2D eigenvalue weighted by Gasteiger charge is -2.31. The molecule has 7 nitrogen and oxygen atoms in total. The Balaban J connectivity index is 2.89. The molecular weight excluding hydrogens is 190 g/mol. The first-order valence-corrected chi connectivity index (χ1v) is 4.07. The molecule has 1 rings (SSSR count). The van der Waals surface area contributed by atoms with Crippen molar-refractivity contribution in [3.05, 3.63) is 11.9 Å². The van der Waals surface area contributed by atoms with E-state index in [-0.39, 0.29) is 5.69 Å². The quantitative estimate of drug-likeness (QED) is 0.370. The number of aliphatic hydroxyl groups excluding tert-OH is 4. The van der Waals surface area contributed by atoms with Crippen LogP contribution < -0.4 is 0 Å². The van der Waals surface area contributed by atoms with Crippen LogP contribution in [0.2, 0.25) is 0 Å². The van der Waals surface area contributed by atoms with Crippen LogP contribution >= 0.6 is 0 Å². The largest absolute Gasteiger partial charge is 0.395 e. The Morgan fingerprint density at radius 2 is 1.86 bits per heavy atom. The molecule has 1 heterocycles. The van der Waals surface area contributed by atoms with Crippen molar-refractivity contribution in [2.75, 3.05) is 19.8 Å². The van der Waals surface area contributed by atoms with Crippen LogP contribution in [0.15, 0.2) is 6.20 Å². The van der Waals surface area contributed by atoms with E-state index in [2.05, 4.69) is 15.4 Å². The molecule has 7 heteroatoms. The minimum absolute atomic E-state index is 0.169. The van der Waals surface area contributed by atoms with Crippen molar-refractivity contribution in [2.24, 2.45) is 5.41 Å². The van der Waals surface area contributed by atoms with Crippen LogP contribution in [-0.2, 0) is 0 Å². The summed E-state index contributed by atoms with van der Waals surface area (Å²) in [7, 11) is 0. The van der Waals surface area contributed by atoms with Gasteiger partial charge in [0.25, 0.3) is 0 Å². The normalized spacial score (nSPS) is 14.3. The van der Waals surface area contributed by atoms with Gasteiger partial charge in [0, 0.05) is 6.20 Å². The van der Waals surface area contributed by atoms with Gasteiger partial charge in [-0.3, -0.25) is 5.10 Å². The summed E-state index contributed by atoms with van der Waals surface area (Å²) in [4.78, 5) is 0. The fraction of sp³-hybridized carbons (Fsp3) is 0.714. The van der Waals surface area contributed by atoms with E-state index in [4.69, 9.17) is 15.3 Å². The zero-order valence-electron chi connectivity index (χ0n) is 7.46. The summed E-state index contributed by atoms with van der Waals surface area (Å²) >= 11 is 0. The van der Waals surface area contributed by atoms with Gasteiger partial charge in [0.15, 0.2) is 0 Å². The molecule has 14 heavy (non-hydrogen) atoms. The van der Waals surface area contributed by atoms with Gasteiger partial charge in [-0.1, -0.05) is 5.21 Å². The molecule has 1 aromatic rings. The van der Waals surface area contributed by atoms with Crippen molar-refractivity contribution >= 4 is 0 Å². The third-order valence-electron chi connectivity index (χ3n) is 2.24. The topological polar surface area (TPSA) is 122 Å². The molecule has 0 radical (unpaired) electrons. The Labute approximate surface area is 80.0 Å². The maximum atomic E-state index is 9.72. The maximum absolute atomic E-state index is 9.72. The van der Waals surface area contributed by atoms with E-state index >= 15 is 0 Å². The van der Waals surface area contributed by atoms with E-state index in [1.165, 1.54) is 6.20 Å². The van der Waals surface area contributed by atoms with Crippen molar-refractivity contribution in [1.29, 1.82) is 0 Å². The third kappa shape index (κ3) is 1.75. The van der Waals surface area contributed by atoms with E-state index in [1.54, 1.807) is 0 Å². The highest BCUT2D eigenvalue weighted by Crippen LogP contribution is 2.31. The lowest BCUT2D eigenvalue weighted by molar-refractivity contribution is -0.0868. The highest BCUT2D eigenvalue weighted by molar-refractivity contribution is 5.03. The fourth-order valence-corrected chi connectivity index (χ4v) is 1.07. The van der Waals surface area contributed by atoms with E-state index < -0.39 is 31.3 Å². The van der Waals surface area contributed by atoms with Crippen LogP contribution in [0.1, 0.15) is 11.8 Å². The first-order valence-electron chi connectivity index (χ1n) is 4.07. The van der Waals surface area contributed by atoms with Gasteiger partial charge in [0.05, 0.1) is 25.2 Å². The molecule has 0 amide bonds. The van der Waals surface area contributed by atoms with Crippen molar-refractivity contribution in [3.63, 3.8) is 0 Å². The summed E-state index contributed by atoms with van der Waals surface area (Å²) in [6.07, 6.45) is 0.0710. The van der Waals surface area contributed by atoms with Crippen LogP contribution in [0, 0.1) is 5.41 Å². The number of hydrogen-bond donors (Lipinski definition) is 5. The van der Waals surface area contributed by atoms with E-state index in [0.717, 1.165) is 0 Å². The number of rotatable bonds is 5. The van der Waals surface area contributed by atoms with Crippen molar-refractivity contribution in [2.45, 2.75) is 6.10 Å². The van der Waals surface area contributed by atoms with E-state index in [0.29, 0.717) is 0 Å². The van der Waals surface area contributed by atoms with Crippen LogP contribution in [0.5, 0.6) is 0 Å². The Morgan fingerprint density at radius 1 is 1.29 bits per heavy atom. The number of nitrogens with one attached hydrogen (secondary N) is 1. The first-order chi connectivity index (χ1) is 6.70. The van der Waals surface area contributed by atoms with Crippen LogP contribution in [0.25, 0.3) is 0 Å². The Kier molecular flexibility index (Phi) is 3.53. The van der Waals surface area contributed by atoms with Crippen LogP contribution in [0.4, 0.5) is 0 Å². The second-order valence-electron chi connectivity index (χ2n) is 3.14. The predicted octanol–water partition coefficient (Wildman–Crippen LogP) is -2.20. The second-order valence-corrected chi connectivity index (χ2v) is 3.14. The van der Waals surface area contributed by atoms with Crippen molar-refractivity contribution < 1.29 is 20.4 Å². The van der Waals surface area contributed by atoms with Crippen molar-refractivity contribution in [1.82, 2.24) is 15.4 Å². The van der Waals surface area contributed by atoms with Gasteiger partial charge < -0.3 is 20.4 Å². The van der Waals surface area contributed by atoms with Gasteiger partial charge in [-0.15, -0.1) is 5.10 Å². The van der Waals surface area contributed by atoms with Gasteiger partial charge in [-0.2, -0.15) is 0 Å². The molecule has 0 aliphatic rings. The smallest absolute Gasteiger partial charge is 0.112 e. The van der Waals surface area contributed by atoms with Gasteiger partial charge in [0.2, 0.25) is 0 Å². The third-order valence-corrected chi connectivity index (χ3v) is 2.24. The molecule has 80 valence electrons. The Morgan fingerprint density at radius 3 is 2.21 bits per heavy atom. The average Bonchev–Trinajstić information content (AvgIpc) is 2.74. The second kappa shape index (κ2) is 4.47. The highest BCUT2D eigenvalue weighted by atomic mass is 16.3. The summed E-state index contributed by atoms with van der Waals surface area (Å²) in [6, 6.07) is 0. The number of aliphatic hydroxyl groups is 4. The lowest BCUT2D eigenvalue weighted by Crippen LogP contribution is -2.40. The molecule has 0 aliphatic carbocycles. The molecule has 0 aromatic carbocycles. The van der Waals surface area contributed by atoms with Gasteiger partial charge >= 0.3 is 0 Å². The number of H-pyrrole nitrogens is 1. The Bertz CT molecular complexity index is 252. The zero-order valence-corrected chi connectivity index (χ0v) is 7.46.